The molecule has 0 saturated carbocycles. The standard InChI is InChI=1S/C25H29N3O3/c1-2-31-21-12-10-20(11-13-21)23-9-6-17-27(23)24(29)14-15-25(30)28-18-16-22(26-28)19-7-4-3-5-8-19/h3-5,7-8,10-13,23H,2,6,9,14-18H2,1H3. The second-order valence-corrected chi connectivity index (χ2v) is 7.93. The number of likely N-dealkylation sites (tertiary alicyclic amines) is 1. The molecule has 6 nitrogen and oxygen atoms in total. The second kappa shape index (κ2) is 9.77. The van der Waals surface area contributed by atoms with Crippen molar-refractivity contribution >= 4 is 17.5 Å². The monoisotopic (exact) mass is 419 g/mol. The first-order valence-corrected chi connectivity index (χ1v) is 11.1. The number of hydrogen-bond donors (Lipinski definition) is 0. The molecule has 0 bridgehead atoms. The van der Waals surface area contributed by atoms with Crippen molar-refractivity contribution in [2.24, 2.45) is 5.10 Å². The smallest absolute Gasteiger partial charge is 0.243 e. The average Bonchev–Trinajstić information content (AvgIpc) is 3.49. The number of benzene rings is 2. The fraction of sp³-hybridized carbons (Fsp3) is 0.400. The van der Waals surface area contributed by atoms with E-state index in [1.807, 2.05) is 66.4 Å². The van der Waals surface area contributed by atoms with Gasteiger partial charge in [0.1, 0.15) is 5.75 Å². The maximum Gasteiger partial charge on any atom is 0.243 e. The zero-order chi connectivity index (χ0) is 21.6. The third-order valence-corrected chi connectivity index (χ3v) is 5.90. The number of carbonyl (C=O) groups is 2. The van der Waals surface area contributed by atoms with Gasteiger partial charge in [-0.1, -0.05) is 42.5 Å². The first-order chi connectivity index (χ1) is 15.2. The predicted molar refractivity (Wildman–Crippen MR) is 120 cm³/mol. The van der Waals surface area contributed by atoms with Crippen molar-refractivity contribution in [1.29, 1.82) is 0 Å². The Hall–Kier alpha value is -3.15. The van der Waals surface area contributed by atoms with E-state index in [1.165, 1.54) is 5.01 Å². The summed E-state index contributed by atoms with van der Waals surface area (Å²) in [5.41, 5.74) is 3.09. The van der Waals surface area contributed by atoms with Gasteiger partial charge in [0, 0.05) is 25.8 Å². The van der Waals surface area contributed by atoms with Gasteiger partial charge in [-0.05, 0) is 43.0 Å². The number of hydrazone groups is 1. The summed E-state index contributed by atoms with van der Waals surface area (Å²) in [6.07, 6.45) is 3.09. The highest BCUT2D eigenvalue weighted by Crippen LogP contribution is 2.33. The van der Waals surface area contributed by atoms with Crippen molar-refractivity contribution in [1.82, 2.24) is 9.91 Å². The van der Waals surface area contributed by atoms with Crippen LogP contribution in [0.15, 0.2) is 59.7 Å². The molecule has 2 aliphatic rings. The number of amides is 2. The highest BCUT2D eigenvalue weighted by atomic mass is 16.5. The van der Waals surface area contributed by atoms with Gasteiger partial charge >= 0.3 is 0 Å². The molecule has 4 rings (SSSR count). The summed E-state index contributed by atoms with van der Waals surface area (Å²) < 4.78 is 5.51. The van der Waals surface area contributed by atoms with E-state index in [0.717, 1.165) is 48.4 Å². The van der Waals surface area contributed by atoms with Gasteiger partial charge in [0.05, 0.1) is 24.9 Å². The maximum absolute atomic E-state index is 12.9. The lowest BCUT2D eigenvalue weighted by Crippen LogP contribution is -2.32. The Morgan fingerprint density at radius 2 is 1.74 bits per heavy atom. The third-order valence-electron chi connectivity index (χ3n) is 5.90. The number of nitrogens with zero attached hydrogens (tertiary/aromatic N) is 3. The van der Waals surface area contributed by atoms with Crippen LogP contribution >= 0.6 is 0 Å². The minimum atomic E-state index is -0.0869. The van der Waals surface area contributed by atoms with Gasteiger partial charge in [-0.25, -0.2) is 5.01 Å². The fourth-order valence-corrected chi connectivity index (χ4v) is 4.32. The van der Waals surface area contributed by atoms with Crippen molar-refractivity contribution in [3.63, 3.8) is 0 Å². The first kappa shape index (κ1) is 21.1. The van der Waals surface area contributed by atoms with Crippen LogP contribution in [0.2, 0.25) is 0 Å². The van der Waals surface area contributed by atoms with E-state index in [1.54, 1.807) is 0 Å². The molecule has 0 radical (unpaired) electrons. The van der Waals surface area contributed by atoms with Crippen molar-refractivity contribution in [3.05, 3.63) is 65.7 Å². The van der Waals surface area contributed by atoms with Gasteiger partial charge in [-0.3, -0.25) is 9.59 Å². The largest absolute Gasteiger partial charge is 0.494 e. The van der Waals surface area contributed by atoms with E-state index in [0.29, 0.717) is 13.2 Å². The minimum absolute atomic E-state index is 0.0381. The zero-order valence-electron chi connectivity index (χ0n) is 18.0. The molecule has 1 atom stereocenters. The van der Waals surface area contributed by atoms with Crippen LogP contribution in [0.4, 0.5) is 0 Å². The molecule has 0 aromatic heterocycles. The summed E-state index contributed by atoms with van der Waals surface area (Å²) >= 11 is 0. The molecule has 2 aliphatic heterocycles. The Labute approximate surface area is 183 Å². The molecule has 0 aliphatic carbocycles. The third kappa shape index (κ3) is 4.95. The molecule has 2 heterocycles. The van der Waals surface area contributed by atoms with Crippen LogP contribution in [0.3, 0.4) is 0 Å². The summed E-state index contributed by atoms with van der Waals surface area (Å²) in [4.78, 5) is 27.4. The van der Waals surface area contributed by atoms with E-state index >= 15 is 0 Å². The van der Waals surface area contributed by atoms with Gasteiger partial charge in [0.25, 0.3) is 0 Å². The van der Waals surface area contributed by atoms with Gasteiger partial charge < -0.3 is 9.64 Å². The molecule has 0 N–H and O–H groups in total. The van der Waals surface area contributed by atoms with E-state index in [4.69, 9.17) is 4.74 Å². The quantitative estimate of drug-likeness (QED) is 0.677. The SMILES string of the molecule is CCOc1ccc(C2CCCN2C(=O)CCC(=O)N2CCC(c3ccccc3)=N2)cc1. The van der Waals surface area contributed by atoms with Crippen LogP contribution in [0.1, 0.15) is 56.2 Å². The van der Waals surface area contributed by atoms with Gasteiger partial charge in [0.15, 0.2) is 0 Å². The molecule has 162 valence electrons. The van der Waals surface area contributed by atoms with E-state index in [9.17, 15) is 9.59 Å². The van der Waals surface area contributed by atoms with Crippen molar-refractivity contribution in [2.75, 3.05) is 19.7 Å². The van der Waals surface area contributed by atoms with Gasteiger partial charge in [-0.15, -0.1) is 0 Å². The lowest BCUT2D eigenvalue weighted by Gasteiger charge is -2.25. The van der Waals surface area contributed by atoms with Crippen LogP contribution in [-0.4, -0.2) is 47.1 Å². The Kier molecular flexibility index (Phi) is 6.65. The molecular weight excluding hydrogens is 390 g/mol. The lowest BCUT2D eigenvalue weighted by atomic mass is 10.0. The molecule has 6 heteroatoms. The average molecular weight is 420 g/mol. The predicted octanol–water partition coefficient (Wildman–Crippen LogP) is 4.17. The Morgan fingerprint density at radius 3 is 2.48 bits per heavy atom. The molecule has 2 aromatic carbocycles. The summed E-state index contributed by atoms with van der Waals surface area (Å²) in [5, 5.41) is 6.00. The lowest BCUT2D eigenvalue weighted by molar-refractivity contribution is -0.137. The van der Waals surface area contributed by atoms with Crippen LogP contribution in [-0.2, 0) is 9.59 Å². The topological polar surface area (TPSA) is 62.2 Å². The summed E-state index contributed by atoms with van der Waals surface area (Å²) in [5.74, 6) is 0.793. The molecule has 1 saturated heterocycles. The van der Waals surface area contributed by atoms with E-state index in [2.05, 4.69) is 5.10 Å². The van der Waals surface area contributed by atoms with Gasteiger partial charge in [-0.2, -0.15) is 5.10 Å². The van der Waals surface area contributed by atoms with E-state index < -0.39 is 0 Å². The van der Waals surface area contributed by atoms with Crippen LogP contribution in [0.5, 0.6) is 5.75 Å². The second-order valence-electron chi connectivity index (χ2n) is 7.93. The van der Waals surface area contributed by atoms with Crippen LogP contribution in [0, 0.1) is 0 Å². The normalized spacial score (nSPS) is 18.2. The highest BCUT2D eigenvalue weighted by Gasteiger charge is 2.30. The summed E-state index contributed by atoms with van der Waals surface area (Å²) in [6, 6.07) is 18.0. The molecule has 2 amide bonds. The van der Waals surface area contributed by atoms with Crippen molar-refractivity contribution in [2.45, 2.75) is 45.1 Å². The minimum Gasteiger partial charge on any atom is -0.494 e. The Bertz CT molecular complexity index is 940. The van der Waals surface area contributed by atoms with Crippen molar-refractivity contribution in [3.8, 4) is 5.75 Å². The molecule has 31 heavy (non-hydrogen) atoms. The Morgan fingerprint density at radius 1 is 1.00 bits per heavy atom. The number of rotatable bonds is 7. The van der Waals surface area contributed by atoms with Crippen LogP contribution < -0.4 is 4.74 Å². The van der Waals surface area contributed by atoms with Gasteiger partial charge in [0.2, 0.25) is 11.8 Å². The summed E-state index contributed by atoms with van der Waals surface area (Å²) in [6.45, 7) is 3.92. The zero-order valence-corrected chi connectivity index (χ0v) is 18.0. The molecule has 2 aromatic rings. The molecular formula is C25H29N3O3. The number of carbonyl (C=O) groups excluding carboxylic acids is 2. The highest BCUT2D eigenvalue weighted by molar-refractivity contribution is 6.02. The number of hydrogen-bond acceptors (Lipinski definition) is 4. The molecule has 1 unspecified atom stereocenters. The summed E-state index contributed by atoms with van der Waals surface area (Å²) in [7, 11) is 0. The fourth-order valence-electron chi connectivity index (χ4n) is 4.32. The van der Waals surface area contributed by atoms with E-state index in [-0.39, 0.29) is 30.7 Å². The Balaban J connectivity index is 1.32. The molecule has 1 fully saturated rings. The molecule has 0 spiro atoms. The van der Waals surface area contributed by atoms with Crippen molar-refractivity contribution < 1.29 is 14.3 Å². The van der Waals surface area contributed by atoms with Crippen LogP contribution in [0.25, 0.3) is 0 Å². The number of ether oxygens (including phenoxy) is 1. The maximum atomic E-state index is 12.9. The first-order valence-electron chi connectivity index (χ1n) is 11.1.